The van der Waals surface area contributed by atoms with Crippen LogP contribution < -0.4 is 0 Å². The van der Waals surface area contributed by atoms with E-state index in [0.717, 1.165) is 102 Å². The van der Waals surface area contributed by atoms with Crippen LogP contribution in [0, 0.1) is 23.7 Å². The van der Waals surface area contributed by atoms with E-state index in [9.17, 15) is 43.2 Å². The summed E-state index contributed by atoms with van der Waals surface area (Å²) in [5, 5.41) is 10.6. The van der Waals surface area contributed by atoms with Gasteiger partial charge in [-0.25, -0.2) is 9.13 Å². The average Bonchev–Trinajstić information content (AvgIpc) is 3.70. The molecule has 0 rings (SSSR count). The topological polar surface area (TPSA) is 237 Å². The zero-order chi connectivity index (χ0) is 66.8. The predicted octanol–water partition coefficient (Wildman–Crippen LogP) is 20.1. The number of hydrogen-bond donors (Lipinski definition) is 3. The number of aliphatic hydroxyl groups excluding tert-OH is 1. The average molecular weight is 1330 g/mol. The van der Waals surface area contributed by atoms with Gasteiger partial charge in [-0.1, -0.05) is 299 Å². The van der Waals surface area contributed by atoms with Crippen LogP contribution in [0.2, 0.25) is 0 Å². The fourth-order valence-electron chi connectivity index (χ4n) is 10.7. The maximum Gasteiger partial charge on any atom is 0.472 e. The van der Waals surface area contributed by atoms with Gasteiger partial charge in [0, 0.05) is 25.7 Å². The summed E-state index contributed by atoms with van der Waals surface area (Å²) in [5.41, 5.74) is 0. The minimum atomic E-state index is -4.95. The first-order valence-corrected chi connectivity index (χ1v) is 39.7. The summed E-state index contributed by atoms with van der Waals surface area (Å²) in [6.07, 6.45) is 43.7. The van der Waals surface area contributed by atoms with E-state index >= 15 is 0 Å². The van der Waals surface area contributed by atoms with E-state index in [1.54, 1.807) is 0 Å². The Balaban J connectivity index is 5.09. The molecule has 0 saturated carbocycles. The lowest BCUT2D eigenvalue weighted by molar-refractivity contribution is -0.161. The summed E-state index contributed by atoms with van der Waals surface area (Å²) >= 11 is 0. The number of carbonyl (C=O) groups excluding carboxylic acids is 4. The van der Waals surface area contributed by atoms with Crippen LogP contribution in [0.25, 0.3) is 0 Å². The number of hydrogen-bond acceptors (Lipinski definition) is 15. The first-order chi connectivity index (χ1) is 43.1. The number of aliphatic hydroxyl groups is 1. The van der Waals surface area contributed by atoms with Crippen LogP contribution in [-0.2, 0) is 65.4 Å². The van der Waals surface area contributed by atoms with Crippen molar-refractivity contribution >= 4 is 39.5 Å². The number of carbonyl (C=O) groups is 4. The van der Waals surface area contributed by atoms with Crippen LogP contribution in [0.1, 0.15) is 351 Å². The third-order valence-corrected chi connectivity index (χ3v) is 18.2. The van der Waals surface area contributed by atoms with Crippen molar-refractivity contribution in [3.63, 3.8) is 0 Å². The molecule has 0 spiro atoms. The molecule has 0 radical (unpaired) electrons. The minimum absolute atomic E-state index is 0.101. The van der Waals surface area contributed by atoms with Gasteiger partial charge in [-0.15, -0.1) is 0 Å². The number of phosphoric ester groups is 2. The Kier molecular flexibility index (Phi) is 59.4. The van der Waals surface area contributed by atoms with Gasteiger partial charge in [-0.3, -0.25) is 37.3 Å². The Morgan fingerprint density at radius 2 is 0.467 bits per heavy atom. The fourth-order valence-corrected chi connectivity index (χ4v) is 12.2. The van der Waals surface area contributed by atoms with E-state index in [1.165, 1.54) is 154 Å². The summed E-state index contributed by atoms with van der Waals surface area (Å²) in [7, 11) is -9.90. The van der Waals surface area contributed by atoms with Crippen molar-refractivity contribution < 1.29 is 80.2 Å². The summed E-state index contributed by atoms with van der Waals surface area (Å²) in [6.45, 7) is 14.0. The standard InChI is InChI=1S/C71H138O17P2/c1-61(2)47-39-31-23-19-17-15-13-11-9-10-12-14-16-18-20-25-35-43-51-68(73)81-57-66(87-70(75)53-45-37-29-27-33-41-49-63(5)6)59-85-89(77,78)83-55-65(72)56-84-90(79,80)86-60-67(88-71(76)54-46-38-30-28-34-42-50-64(7)8)58-82-69(74)52-44-36-26-22-21-24-32-40-48-62(3)4/h61-67,72H,9-60H2,1-8H3,(H,77,78)(H,79,80)/t65?,66-,67-/m1/s1. The van der Waals surface area contributed by atoms with Gasteiger partial charge in [0.15, 0.2) is 12.2 Å². The molecule has 0 aliphatic rings. The van der Waals surface area contributed by atoms with Gasteiger partial charge in [0.2, 0.25) is 0 Å². The van der Waals surface area contributed by atoms with E-state index < -0.39 is 97.5 Å². The second-order valence-corrected chi connectivity index (χ2v) is 30.4. The predicted molar refractivity (Wildman–Crippen MR) is 363 cm³/mol. The summed E-state index contributed by atoms with van der Waals surface area (Å²) < 4.78 is 68.1. The molecule has 90 heavy (non-hydrogen) atoms. The summed E-state index contributed by atoms with van der Waals surface area (Å²) in [4.78, 5) is 72.4. The molecular weight excluding hydrogens is 1190 g/mol. The van der Waals surface area contributed by atoms with Crippen molar-refractivity contribution in [3.8, 4) is 0 Å². The fraction of sp³-hybridized carbons (Fsp3) is 0.944. The molecule has 17 nitrogen and oxygen atoms in total. The van der Waals surface area contributed by atoms with Gasteiger partial charge in [0.1, 0.15) is 19.3 Å². The third kappa shape index (κ3) is 64.8. The minimum Gasteiger partial charge on any atom is -0.462 e. The highest BCUT2D eigenvalue weighted by molar-refractivity contribution is 7.47. The quantitative estimate of drug-likeness (QED) is 0.0222. The van der Waals surface area contributed by atoms with Crippen molar-refractivity contribution in [2.24, 2.45) is 23.7 Å². The Morgan fingerprint density at radius 1 is 0.278 bits per heavy atom. The molecule has 0 aromatic carbocycles. The molecule has 0 saturated heterocycles. The first-order valence-electron chi connectivity index (χ1n) is 36.7. The molecule has 0 amide bonds. The van der Waals surface area contributed by atoms with E-state index in [4.69, 9.17) is 37.0 Å². The third-order valence-electron chi connectivity index (χ3n) is 16.3. The number of unbranched alkanes of at least 4 members (excludes halogenated alkanes) is 34. The smallest absolute Gasteiger partial charge is 0.462 e. The zero-order valence-electron chi connectivity index (χ0n) is 58.8. The molecule has 0 aromatic heterocycles. The second-order valence-electron chi connectivity index (χ2n) is 27.5. The summed E-state index contributed by atoms with van der Waals surface area (Å²) in [5.74, 6) is 0.750. The van der Waals surface area contributed by atoms with Gasteiger partial charge in [0.25, 0.3) is 0 Å². The van der Waals surface area contributed by atoms with Crippen LogP contribution in [0.15, 0.2) is 0 Å². The molecule has 534 valence electrons. The molecule has 0 aliphatic heterocycles. The monoisotopic (exact) mass is 1320 g/mol. The summed E-state index contributed by atoms with van der Waals surface area (Å²) in [6, 6.07) is 0. The number of rotatable bonds is 68. The van der Waals surface area contributed by atoms with Crippen LogP contribution in [0.3, 0.4) is 0 Å². The van der Waals surface area contributed by atoms with Crippen molar-refractivity contribution in [1.29, 1.82) is 0 Å². The van der Waals surface area contributed by atoms with Crippen molar-refractivity contribution in [1.82, 2.24) is 0 Å². The highest BCUT2D eigenvalue weighted by Crippen LogP contribution is 2.45. The van der Waals surface area contributed by atoms with Crippen molar-refractivity contribution in [3.05, 3.63) is 0 Å². The van der Waals surface area contributed by atoms with E-state index in [0.29, 0.717) is 37.5 Å². The van der Waals surface area contributed by atoms with Gasteiger partial charge < -0.3 is 33.8 Å². The number of esters is 4. The lowest BCUT2D eigenvalue weighted by Crippen LogP contribution is -2.30. The van der Waals surface area contributed by atoms with Crippen molar-refractivity contribution in [2.75, 3.05) is 39.6 Å². The number of ether oxygens (including phenoxy) is 4. The molecule has 3 unspecified atom stereocenters. The highest BCUT2D eigenvalue weighted by Gasteiger charge is 2.30. The Bertz CT molecular complexity index is 1780. The van der Waals surface area contributed by atoms with Gasteiger partial charge in [-0.05, 0) is 49.4 Å². The molecule has 3 N–H and O–H groups in total. The van der Waals surface area contributed by atoms with Gasteiger partial charge in [0.05, 0.1) is 26.4 Å². The Labute approximate surface area is 549 Å². The molecule has 0 aliphatic carbocycles. The molecule has 0 fully saturated rings. The number of phosphoric acid groups is 2. The van der Waals surface area contributed by atoms with Crippen molar-refractivity contribution in [2.45, 2.75) is 369 Å². The van der Waals surface area contributed by atoms with Crippen LogP contribution >= 0.6 is 15.6 Å². The highest BCUT2D eigenvalue weighted by atomic mass is 31.2. The maximum absolute atomic E-state index is 13.0. The normalized spacial score (nSPS) is 14.3. The van der Waals surface area contributed by atoms with E-state index in [-0.39, 0.29) is 25.7 Å². The lowest BCUT2D eigenvalue weighted by Gasteiger charge is -2.21. The molecule has 5 atom stereocenters. The first kappa shape index (κ1) is 88.1. The zero-order valence-corrected chi connectivity index (χ0v) is 60.6. The van der Waals surface area contributed by atoms with Gasteiger partial charge >= 0.3 is 39.5 Å². The van der Waals surface area contributed by atoms with Crippen LogP contribution in [0.5, 0.6) is 0 Å². The van der Waals surface area contributed by atoms with E-state index in [2.05, 4.69) is 55.4 Å². The molecule has 19 heteroatoms. The Hall–Kier alpha value is -1.94. The Morgan fingerprint density at radius 3 is 0.689 bits per heavy atom. The maximum atomic E-state index is 13.0. The van der Waals surface area contributed by atoms with Gasteiger partial charge in [-0.2, -0.15) is 0 Å². The van der Waals surface area contributed by atoms with Crippen LogP contribution in [0.4, 0.5) is 0 Å². The largest absolute Gasteiger partial charge is 0.472 e. The SMILES string of the molecule is CC(C)CCCCCCCCCCCCCCCCCCCCC(=O)OC[C@H](COP(=O)(O)OCC(O)COP(=O)(O)OC[C@@H](COC(=O)CCCCCCCCCCC(C)C)OC(=O)CCCCCCCCC(C)C)OC(=O)CCCCCCCCC(C)C. The lowest BCUT2D eigenvalue weighted by atomic mass is 10.0. The molecular formula is C71H138O17P2. The molecule has 0 aromatic rings. The second kappa shape index (κ2) is 60.7. The van der Waals surface area contributed by atoms with E-state index in [1.807, 2.05) is 0 Å². The molecule has 0 heterocycles. The molecule has 0 bridgehead atoms. The van der Waals surface area contributed by atoms with Crippen LogP contribution in [-0.4, -0.2) is 96.7 Å².